The maximum Gasteiger partial charge on any atom is 0.119 e. The van der Waals surface area contributed by atoms with E-state index in [1.165, 1.54) is 22.3 Å². The fourth-order valence-corrected chi connectivity index (χ4v) is 7.38. The Morgan fingerprint density at radius 1 is 1.16 bits per heavy atom. The minimum absolute atomic E-state index is 0.139. The van der Waals surface area contributed by atoms with E-state index >= 15 is 0 Å². The standard InChI is InChI=1S/C33H39N3O2/c1-18-11-12-23(13-14-25-10-8-9-15-35-25)26-16-24-17-27-31(36(6)7)32(37)30(22(5)34)21(4)33(27,38)20(3)29(24)19(2)28(18)26/h8-12,15,24,27,31,37-38H,2,4-5,13-14,16-17,34H2,1,3,6-7H3/t24-,27?,31-,33-/m0/s1. The molecule has 0 saturated carbocycles. The summed E-state index contributed by atoms with van der Waals surface area (Å²) in [6.07, 6.45) is 5.21. The first-order chi connectivity index (χ1) is 18.0. The molecule has 1 unspecified atom stereocenters. The number of pyridine rings is 1. The van der Waals surface area contributed by atoms with Crippen molar-refractivity contribution in [1.29, 1.82) is 0 Å². The van der Waals surface area contributed by atoms with Gasteiger partial charge in [-0.05, 0) is 116 Å². The van der Waals surface area contributed by atoms with Gasteiger partial charge in [0.05, 0.1) is 6.04 Å². The topological polar surface area (TPSA) is 82.6 Å². The molecule has 1 aromatic heterocycles. The molecule has 3 aliphatic carbocycles. The number of benzene rings is 1. The van der Waals surface area contributed by atoms with Crippen molar-refractivity contribution in [2.45, 2.75) is 51.2 Å². The molecule has 38 heavy (non-hydrogen) atoms. The largest absolute Gasteiger partial charge is 0.510 e. The van der Waals surface area contributed by atoms with Gasteiger partial charge in [-0.1, -0.05) is 37.9 Å². The second kappa shape index (κ2) is 9.40. The summed E-state index contributed by atoms with van der Waals surface area (Å²) in [5, 5.41) is 23.8. The lowest BCUT2D eigenvalue weighted by Gasteiger charge is -2.54. The second-order valence-electron chi connectivity index (χ2n) is 11.4. The number of nitrogens with two attached hydrogens (primary N) is 1. The third-order valence-electron chi connectivity index (χ3n) is 9.09. The average Bonchev–Trinajstić information content (AvgIpc) is 2.86. The molecule has 0 bridgehead atoms. The molecule has 4 N–H and O–H groups in total. The predicted octanol–water partition coefficient (Wildman–Crippen LogP) is 5.21. The number of aryl methyl sites for hydroxylation is 3. The Morgan fingerprint density at radius 3 is 2.53 bits per heavy atom. The molecule has 1 heterocycles. The molecule has 0 amide bonds. The van der Waals surface area contributed by atoms with Crippen LogP contribution in [0.25, 0.3) is 5.57 Å². The molecule has 0 aliphatic heterocycles. The van der Waals surface area contributed by atoms with Crippen LogP contribution in [0.4, 0.5) is 0 Å². The van der Waals surface area contributed by atoms with Crippen molar-refractivity contribution in [3.05, 3.63) is 118 Å². The van der Waals surface area contributed by atoms with Crippen molar-refractivity contribution < 1.29 is 10.2 Å². The molecule has 5 nitrogen and oxygen atoms in total. The highest BCUT2D eigenvalue weighted by atomic mass is 16.3. The lowest BCUT2D eigenvalue weighted by Crippen LogP contribution is -2.58. The number of aromatic nitrogens is 1. The molecule has 5 heteroatoms. The molecule has 4 atom stereocenters. The van der Waals surface area contributed by atoms with Crippen LogP contribution in [-0.2, 0) is 19.3 Å². The Hall–Kier alpha value is -3.41. The zero-order valence-electron chi connectivity index (χ0n) is 23.0. The number of aliphatic hydroxyl groups is 2. The van der Waals surface area contributed by atoms with E-state index in [1.807, 2.05) is 44.2 Å². The highest BCUT2D eigenvalue weighted by Gasteiger charge is 2.57. The van der Waals surface area contributed by atoms with E-state index in [1.54, 1.807) is 0 Å². The van der Waals surface area contributed by atoms with Crippen LogP contribution in [0.15, 0.2) is 90.0 Å². The minimum Gasteiger partial charge on any atom is -0.510 e. The van der Waals surface area contributed by atoms with E-state index in [0.717, 1.165) is 41.7 Å². The van der Waals surface area contributed by atoms with Crippen LogP contribution >= 0.6 is 0 Å². The Balaban J connectivity index is 1.62. The highest BCUT2D eigenvalue weighted by molar-refractivity contribution is 5.86. The van der Waals surface area contributed by atoms with Crippen LogP contribution in [0.5, 0.6) is 0 Å². The minimum atomic E-state index is -1.35. The van der Waals surface area contributed by atoms with Crippen molar-refractivity contribution >= 4 is 5.57 Å². The Labute approximate surface area is 226 Å². The summed E-state index contributed by atoms with van der Waals surface area (Å²) in [7, 11) is 3.85. The monoisotopic (exact) mass is 509 g/mol. The molecule has 0 radical (unpaired) electrons. The summed E-state index contributed by atoms with van der Waals surface area (Å²) in [5.74, 6) is 0.0414. The van der Waals surface area contributed by atoms with E-state index in [4.69, 9.17) is 5.73 Å². The molecular formula is C33H39N3O2. The average molecular weight is 510 g/mol. The Kier molecular flexibility index (Phi) is 6.49. The number of hydrogen-bond acceptors (Lipinski definition) is 5. The molecule has 3 aliphatic rings. The molecule has 0 saturated heterocycles. The molecule has 0 fully saturated rings. The van der Waals surface area contributed by atoms with E-state index in [0.29, 0.717) is 17.6 Å². The Bertz CT molecular complexity index is 1420. The summed E-state index contributed by atoms with van der Waals surface area (Å²) in [6, 6.07) is 10.1. The number of likely N-dealkylation sites (N-methyl/N-ethyl adjacent to an activating group) is 1. The SMILES string of the molecule is C=C(N)C1=C(O)[C@@H](N(C)C)C2C[C@@H]3Cc4c(CCc5ccccn5)ccc(C)c4C(=C)C3=C(C)[C@]2(O)C1=C. The molecular weight excluding hydrogens is 470 g/mol. The first kappa shape index (κ1) is 26.2. The molecule has 1 aromatic carbocycles. The van der Waals surface area contributed by atoms with Crippen LogP contribution in [0, 0.1) is 18.8 Å². The van der Waals surface area contributed by atoms with Gasteiger partial charge in [0.25, 0.3) is 0 Å². The summed E-state index contributed by atoms with van der Waals surface area (Å²) >= 11 is 0. The number of allylic oxidation sites excluding steroid dienone is 3. The first-order valence-corrected chi connectivity index (χ1v) is 13.4. The van der Waals surface area contributed by atoms with E-state index in [9.17, 15) is 10.2 Å². The van der Waals surface area contributed by atoms with Gasteiger partial charge in [0.1, 0.15) is 11.4 Å². The van der Waals surface area contributed by atoms with Crippen molar-refractivity contribution in [2.24, 2.45) is 17.6 Å². The summed E-state index contributed by atoms with van der Waals surface area (Å²) in [4.78, 5) is 6.48. The number of aliphatic hydroxyl groups excluding tert-OH is 1. The van der Waals surface area contributed by atoms with Gasteiger partial charge in [-0.15, -0.1) is 0 Å². The van der Waals surface area contributed by atoms with Crippen molar-refractivity contribution in [2.75, 3.05) is 14.1 Å². The van der Waals surface area contributed by atoms with E-state index in [2.05, 4.69) is 49.8 Å². The predicted molar refractivity (Wildman–Crippen MR) is 154 cm³/mol. The molecule has 2 aromatic rings. The van der Waals surface area contributed by atoms with Gasteiger partial charge >= 0.3 is 0 Å². The third-order valence-corrected chi connectivity index (χ3v) is 9.09. The number of hydrogen-bond donors (Lipinski definition) is 3. The first-order valence-electron chi connectivity index (χ1n) is 13.4. The molecule has 0 spiro atoms. The fourth-order valence-electron chi connectivity index (χ4n) is 7.38. The quantitative estimate of drug-likeness (QED) is 0.515. The van der Waals surface area contributed by atoms with Crippen LogP contribution in [0.3, 0.4) is 0 Å². The van der Waals surface area contributed by atoms with Crippen LogP contribution in [0.2, 0.25) is 0 Å². The normalized spacial score (nSPS) is 26.8. The van der Waals surface area contributed by atoms with Gasteiger partial charge in [-0.2, -0.15) is 0 Å². The summed E-state index contributed by atoms with van der Waals surface area (Å²) in [6.45, 7) is 16.9. The summed E-state index contributed by atoms with van der Waals surface area (Å²) in [5.41, 5.74) is 14.9. The molecule has 5 rings (SSSR count). The maximum absolute atomic E-state index is 12.4. The van der Waals surface area contributed by atoms with Gasteiger partial charge in [0.15, 0.2) is 0 Å². The van der Waals surface area contributed by atoms with Crippen LogP contribution in [-0.4, -0.2) is 45.8 Å². The van der Waals surface area contributed by atoms with Crippen molar-refractivity contribution in [1.82, 2.24) is 9.88 Å². The van der Waals surface area contributed by atoms with Crippen molar-refractivity contribution in [3.63, 3.8) is 0 Å². The van der Waals surface area contributed by atoms with Gasteiger partial charge in [-0.25, -0.2) is 0 Å². The molecule has 198 valence electrons. The lowest BCUT2D eigenvalue weighted by molar-refractivity contribution is -0.0178. The Morgan fingerprint density at radius 2 is 1.89 bits per heavy atom. The van der Waals surface area contributed by atoms with Crippen LogP contribution < -0.4 is 5.73 Å². The van der Waals surface area contributed by atoms with Crippen LogP contribution in [0.1, 0.15) is 41.3 Å². The van der Waals surface area contributed by atoms with Gasteiger partial charge in [-0.3, -0.25) is 9.88 Å². The fraction of sp³-hybridized carbons (Fsp3) is 0.364. The van der Waals surface area contributed by atoms with Gasteiger partial charge in [0, 0.05) is 29.1 Å². The zero-order chi connectivity index (χ0) is 27.5. The van der Waals surface area contributed by atoms with E-state index in [-0.39, 0.29) is 23.3 Å². The lowest BCUT2D eigenvalue weighted by atomic mass is 9.55. The summed E-state index contributed by atoms with van der Waals surface area (Å²) < 4.78 is 0. The number of rotatable bonds is 5. The van der Waals surface area contributed by atoms with E-state index < -0.39 is 11.6 Å². The second-order valence-corrected chi connectivity index (χ2v) is 11.4. The van der Waals surface area contributed by atoms with Gasteiger partial charge in [0.2, 0.25) is 0 Å². The zero-order valence-corrected chi connectivity index (χ0v) is 23.0. The number of nitrogens with zero attached hydrogens (tertiary/aromatic N) is 2. The number of fused-ring (bicyclic) bond motifs is 3. The highest BCUT2D eigenvalue weighted by Crippen LogP contribution is 2.57. The smallest absolute Gasteiger partial charge is 0.119 e. The van der Waals surface area contributed by atoms with Crippen molar-refractivity contribution in [3.8, 4) is 0 Å². The maximum atomic E-state index is 12.4. The third kappa shape index (κ3) is 3.79. The van der Waals surface area contributed by atoms with Gasteiger partial charge < -0.3 is 15.9 Å².